The zero-order valence-electron chi connectivity index (χ0n) is 94.0. The standard InChI is InChI=1S/C120H225N3O18/c1-13-25-55-76-106(19-7)136-112(124)82-61-43-31-37-49-67-88-121(89-68-50-38-32-44-62-83-113(125)137-107(20-8)77-56-26-14-2)94-73-97-133-118(130)103-100-104(119(131)134-98-74-95-122(90-69-51-39-33-45-63-84-114(126)138-108(21-9)78-57-27-15-3)91-70-52-40-34-46-64-85-115(127)139-109(22-10)79-58-28-16-4)102-105(101-103)120(132)135-99-75-96-123(92-71-53-41-35-47-65-86-116(128)140-110(23-11)80-59-29-17-5)93-72-54-42-36-48-66-87-117(129)141-111(24-12)81-60-30-18-6/h103-111H,13-102H2,1-12H3/t103-,104+,105-,106?,107?,108?,109?,110?,111?. The minimum absolute atomic E-state index is 0.0210. The second-order valence-electron chi connectivity index (χ2n) is 42.2. The van der Waals surface area contributed by atoms with Gasteiger partial charge in [-0.25, -0.2) is 0 Å². The van der Waals surface area contributed by atoms with E-state index in [-0.39, 0.29) is 129 Å². The first kappa shape index (κ1) is 134. The van der Waals surface area contributed by atoms with Gasteiger partial charge in [0.25, 0.3) is 0 Å². The van der Waals surface area contributed by atoms with Crippen molar-refractivity contribution in [2.24, 2.45) is 17.8 Å². The molecule has 0 heterocycles. The molecule has 0 spiro atoms. The predicted octanol–water partition coefficient (Wildman–Crippen LogP) is 31.5. The van der Waals surface area contributed by atoms with Gasteiger partial charge in [-0.15, -0.1) is 0 Å². The normalized spacial score (nSPS) is 15.1. The molecule has 0 aromatic heterocycles. The van der Waals surface area contributed by atoms with Gasteiger partial charge in [0.15, 0.2) is 0 Å². The van der Waals surface area contributed by atoms with Gasteiger partial charge in [0, 0.05) is 58.2 Å². The third-order valence-electron chi connectivity index (χ3n) is 29.2. The monoisotopic (exact) mass is 2000 g/mol. The summed E-state index contributed by atoms with van der Waals surface area (Å²) in [4.78, 5) is 128. The number of nitrogens with zero attached hydrogens (tertiary/aromatic N) is 3. The van der Waals surface area contributed by atoms with Crippen molar-refractivity contribution >= 4 is 53.7 Å². The van der Waals surface area contributed by atoms with Gasteiger partial charge >= 0.3 is 53.7 Å². The number of esters is 9. The molecule has 21 nitrogen and oxygen atoms in total. The summed E-state index contributed by atoms with van der Waals surface area (Å²) in [6, 6.07) is 0. The van der Waals surface area contributed by atoms with Gasteiger partial charge in [0.2, 0.25) is 0 Å². The number of carbonyl (C=O) groups excluding carboxylic acids is 9. The number of hydrogen-bond acceptors (Lipinski definition) is 21. The summed E-state index contributed by atoms with van der Waals surface area (Å²) in [7, 11) is 0. The summed E-state index contributed by atoms with van der Waals surface area (Å²) in [6.07, 6.45) is 74.0. The predicted molar refractivity (Wildman–Crippen MR) is 580 cm³/mol. The minimum atomic E-state index is -0.685. The van der Waals surface area contributed by atoms with Gasteiger partial charge in [-0.05, 0) is 270 Å². The van der Waals surface area contributed by atoms with Crippen molar-refractivity contribution in [1.29, 1.82) is 0 Å². The van der Waals surface area contributed by atoms with Crippen molar-refractivity contribution in [3.8, 4) is 0 Å². The lowest BCUT2D eigenvalue weighted by Gasteiger charge is -2.31. The fraction of sp³-hybridized carbons (Fsp3) is 0.925. The first-order chi connectivity index (χ1) is 68.8. The zero-order chi connectivity index (χ0) is 103. The van der Waals surface area contributed by atoms with Crippen molar-refractivity contribution in [2.75, 3.05) is 78.7 Å². The second kappa shape index (κ2) is 98.4. The number of hydrogen-bond donors (Lipinski definition) is 0. The largest absolute Gasteiger partial charge is 0.465 e. The maximum atomic E-state index is 14.6. The highest BCUT2D eigenvalue weighted by atomic mass is 16.6. The topological polar surface area (TPSA) is 246 Å². The van der Waals surface area contributed by atoms with Gasteiger partial charge in [0.05, 0.1) is 37.6 Å². The smallest absolute Gasteiger partial charge is 0.308 e. The Morgan fingerprint density at radius 3 is 0.475 bits per heavy atom. The van der Waals surface area contributed by atoms with E-state index in [1.54, 1.807) is 0 Å². The van der Waals surface area contributed by atoms with E-state index in [9.17, 15) is 43.2 Å². The fourth-order valence-corrected chi connectivity index (χ4v) is 19.8. The van der Waals surface area contributed by atoms with E-state index in [0.717, 1.165) is 483 Å². The maximum absolute atomic E-state index is 14.6. The van der Waals surface area contributed by atoms with E-state index in [2.05, 4.69) is 97.8 Å². The van der Waals surface area contributed by atoms with Crippen LogP contribution in [0.15, 0.2) is 0 Å². The molecule has 0 bridgehead atoms. The Kier molecular flexibility index (Phi) is 93.6. The molecule has 141 heavy (non-hydrogen) atoms. The van der Waals surface area contributed by atoms with E-state index in [4.69, 9.17) is 42.6 Å². The molecule has 1 fully saturated rings. The number of rotatable bonds is 105. The van der Waals surface area contributed by atoms with E-state index in [0.29, 0.717) is 57.8 Å². The summed E-state index contributed by atoms with van der Waals surface area (Å²) < 4.78 is 53.7. The van der Waals surface area contributed by atoms with Crippen LogP contribution in [0.4, 0.5) is 0 Å². The Balaban J connectivity index is 3.44. The molecule has 6 atom stereocenters. The first-order valence-electron chi connectivity index (χ1n) is 60.6. The van der Waals surface area contributed by atoms with Crippen LogP contribution in [0.3, 0.4) is 0 Å². The summed E-state index contributed by atoms with van der Waals surface area (Å²) in [5.41, 5.74) is 0. The highest BCUT2D eigenvalue weighted by Gasteiger charge is 2.41. The molecule has 21 heteroatoms. The quantitative estimate of drug-likeness (QED) is 0.0312. The first-order valence-corrected chi connectivity index (χ1v) is 60.6. The molecule has 0 N–H and O–H groups in total. The SMILES string of the molecule is CCCCCC(CC)OC(=O)CCCCCCCCN(CCCCCCCCC(=O)OC(CC)CCCCC)CCCOC(=O)[C@H]1C[C@@H](C(=O)OCCCN(CCCCCCCCC(=O)OC(CC)CCCCC)CCCCCCCCC(=O)OC(CC)CCCCC)C[C@@H](C(=O)OCCCN(CCCCCCCCC(=O)OC(CC)CCCCC)CCCCCCCCC(=O)OC(CC)CCCCC)C1. The Bertz CT molecular complexity index is 2470. The van der Waals surface area contributed by atoms with Crippen LogP contribution < -0.4 is 0 Å². The second-order valence-corrected chi connectivity index (χ2v) is 42.2. The highest BCUT2D eigenvalue weighted by molar-refractivity contribution is 5.80. The fourth-order valence-electron chi connectivity index (χ4n) is 19.8. The maximum Gasteiger partial charge on any atom is 0.308 e. The van der Waals surface area contributed by atoms with Crippen LogP contribution in [0.25, 0.3) is 0 Å². The van der Waals surface area contributed by atoms with Gasteiger partial charge < -0.3 is 57.3 Å². The molecule has 1 aliphatic carbocycles. The van der Waals surface area contributed by atoms with E-state index in [1.165, 1.54) is 0 Å². The van der Waals surface area contributed by atoms with Gasteiger partial charge in [-0.2, -0.15) is 0 Å². The molecule has 0 aromatic carbocycles. The molecule has 828 valence electrons. The molecule has 0 radical (unpaired) electrons. The average Bonchev–Trinajstić information content (AvgIpc) is 0.824. The molecule has 1 rings (SSSR count). The molecule has 1 aliphatic rings. The minimum Gasteiger partial charge on any atom is -0.465 e. The summed E-state index contributed by atoms with van der Waals surface area (Å²) in [5, 5.41) is 0. The van der Waals surface area contributed by atoms with Crippen molar-refractivity contribution in [2.45, 2.75) is 621 Å². The van der Waals surface area contributed by atoms with Crippen LogP contribution in [-0.2, 0) is 85.8 Å². The molecule has 0 saturated heterocycles. The average molecular weight is 2000 g/mol. The van der Waals surface area contributed by atoms with Crippen molar-refractivity contribution in [3.05, 3.63) is 0 Å². The van der Waals surface area contributed by atoms with Crippen LogP contribution in [-0.4, -0.2) is 184 Å². The van der Waals surface area contributed by atoms with Gasteiger partial charge in [-0.3, -0.25) is 43.2 Å². The summed E-state index contributed by atoms with van der Waals surface area (Å²) >= 11 is 0. The lowest BCUT2D eigenvalue weighted by atomic mass is 9.75. The lowest BCUT2D eigenvalue weighted by Crippen LogP contribution is -2.37. The lowest BCUT2D eigenvalue weighted by molar-refractivity contribution is -0.162. The Labute approximate surface area is 866 Å². The zero-order valence-corrected chi connectivity index (χ0v) is 94.0. The van der Waals surface area contributed by atoms with Crippen LogP contribution in [0.5, 0.6) is 0 Å². The molecular formula is C120H225N3O18. The van der Waals surface area contributed by atoms with E-state index >= 15 is 0 Å². The van der Waals surface area contributed by atoms with Gasteiger partial charge in [0.1, 0.15) is 36.6 Å². The van der Waals surface area contributed by atoms with Crippen LogP contribution in [0.2, 0.25) is 0 Å². The van der Waals surface area contributed by atoms with Crippen molar-refractivity contribution in [3.63, 3.8) is 0 Å². The molecular weight excluding hydrogens is 1770 g/mol. The van der Waals surface area contributed by atoms with Crippen LogP contribution in [0, 0.1) is 17.8 Å². The molecule has 0 aliphatic heterocycles. The number of unbranched alkanes of at least 4 members (excludes halogenated alkanes) is 42. The molecule has 0 aromatic rings. The number of carbonyl (C=O) groups is 9. The van der Waals surface area contributed by atoms with Crippen molar-refractivity contribution < 1.29 is 85.8 Å². The Morgan fingerprint density at radius 2 is 0.326 bits per heavy atom. The molecule has 1 saturated carbocycles. The van der Waals surface area contributed by atoms with Gasteiger partial charge in [-0.1, -0.05) is 314 Å². The molecule has 6 unspecified atom stereocenters. The third kappa shape index (κ3) is 80.8. The summed E-state index contributed by atoms with van der Waals surface area (Å²) in [5.74, 6) is -3.60. The Morgan fingerprint density at radius 1 is 0.184 bits per heavy atom. The Hall–Kier alpha value is -4.89. The van der Waals surface area contributed by atoms with E-state index < -0.39 is 17.8 Å². The van der Waals surface area contributed by atoms with E-state index in [1.807, 2.05) is 0 Å². The van der Waals surface area contributed by atoms with Crippen LogP contribution in [0.1, 0.15) is 584 Å². The third-order valence-corrected chi connectivity index (χ3v) is 29.2. The summed E-state index contributed by atoms with van der Waals surface area (Å²) in [6.45, 7) is 34.4. The molecule has 0 amide bonds. The number of ether oxygens (including phenoxy) is 9. The van der Waals surface area contributed by atoms with Crippen molar-refractivity contribution in [1.82, 2.24) is 14.7 Å². The van der Waals surface area contributed by atoms with Crippen LogP contribution >= 0.6 is 0 Å². The highest BCUT2D eigenvalue weighted by Crippen LogP contribution is 2.37.